The van der Waals surface area contributed by atoms with Crippen molar-refractivity contribution >= 4 is 5.96 Å². The normalized spacial score (nSPS) is 19.4. The largest absolute Gasteiger partial charge is 0.353 e. The molecular formula is C15H24N6. The SMILES string of the molecule is CN=C(NCc1nnc2n1CCCCC2)NC1CC=CC1. The van der Waals surface area contributed by atoms with Crippen LogP contribution >= 0.6 is 0 Å². The van der Waals surface area contributed by atoms with Crippen LogP contribution in [0, 0.1) is 0 Å². The van der Waals surface area contributed by atoms with Crippen molar-refractivity contribution in [2.45, 2.75) is 57.7 Å². The van der Waals surface area contributed by atoms with Crippen LogP contribution in [-0.4, -0.2) is 33.8 Å². The molecule has 1 aromatic rings. The third-order valence-corrected chi connectivity index (χ3v) is 4.17. The third kappa shape index (κ3) is 3.43. The highest BCUT2D eigenvalue weighted by molar-refractivity contribution is 5.79. The Bertz CT molecular complexity index is 522. The number of hydrogen-bond acceptors (Lipinski definition) is 3. The van der Waals surface area contributed by atoms with Gasteiger partial charge in [-0.15, -0.1) is 10.2 Å². The highest BCUT2D eigenvalue weighted by Gasteiger charge is 2.16. The summed E-state index contributed by atoms with van der Waals surface area (Å²) < 4.78 is 2.27. The zero-order valence-corrected chi connectivity index (χ0v) is 12.7. The maximum atomic E-state index is 4.33. The highest BCUT2D eigenvalue weighted by atomic mass is 15.3. The van der Waals surface area contributed by atoms with Gasteiger partial charge >= 0.3 is 0 Å². The predicted molar refractivity (Wildman–Crippen MR) is 83.1 cm³/mol. The van der Waals surface area contributed by atoms with Gasteiger partial charge in [-0.05, 0) is 25.7 Å². The third-order valence-electron chi connectivity index (χ3n) is 4.17. The number of aliphatic imine (C=N–C) groups is 1. The molecule has 0 aromatic carbocycles. The summed E-state index contributed by atoms with van der Waals surface area (Å²) in [7, 11) is 1.81. The fourth-order valence-corrected chi connectivity index (χ4v) is 2.96. The number of rotatable bonds is 3. The quantitative estimate of drug-likeness (QED) is 0.501. The summed E-state index contributed by atoms with van der Waals surface area (Å²) in [5, 5.41) is 15.5. The Morgan fingerprint density at radius 2 is 2.14 bits per heavy atom. The van der Waals surface area contributed by atoms with Crippen LogP contribution in [-0.2, 0) is 19.5 Å². The van der Waals surface area contributed by atoms with Gasteiger partial charge in [0.25, 0.3) is 0 Å². The molecule has 0 fully saturated rings. The van der Waals surface area contributed by atoms with Crippen LogP contribution < -0.4 is 10.6 Å². The molecule has 0 radical (unpaired) electrons. The Labute approximate surface area is 125 Å². The van der Waals surface area contributed by atoms with Crippen LogP contribution in [0.25, 0.3) is 0 Å². The molecule has 6 heteroatoms. The second kappa shape index (κ2) is 6.74. The van der Waals surface area contributed by atoms with Crippen LogP contribution in [0.1, 0.15) is 43.8 Å². The zero-order valence-electron chi connectivity index (χ0n) is 12.7. The van der Waals surface area contributed by atoms with Gasteiger partial charge in [-0.25, -0.2) is 0 Å². The molecule has 1 aliphatic carbocycles. The maximum Gasteiger partial charge on any atom is 0.191 e. The van der Waals surface area contributed by atoms with E-state index in [4.69, 9.17) is 0 Å². The molecule has 0 atom stereocenters. The van der Waals surface area contributed by atoms with Gasteiger partial charge < -0.3 is 15.2 Å². The number of nitrogens with zero attached hydrogens (tertiary/aromatic N) is 4. The van der Waals surface area contributed by atoms with E-state index in [1.165, 1.54) is 19.3 Å². The Morgan fingerprint density at radius 3 is 2.95 bits per heavy atom. The average Bonchev–Trinajstić information content (AvgIpc) is 3.08. The number of guanidine groups is 1. The molecule has 3 rings (SSSR count). The van der Waals surface area contributed by atoms with Crippen LogP contribution in [0.3, 0.4) is 0 Å². The second-order valence-corrected chi connectivity index (χ2v) is 5.70. The second-order valence-electron chi connectivity index (χ2n) is 5.70. The molecule has 2 heterocycles. The maximum absolute atomic E-state index is 4.33. The molecule has 2 aliphatic rings. The van der Waals surface area contributed by atoms with E-state index in [9.17, 15) is 0 Å². The van der Waals surface area contributed by atoms with Gasteiger partial charge in [0.15, 0.2) is 11.8 Å². The van der Waals surface area contributed by atoms with Crippen molar-refractivity contribution < 1.29 is 0 Å². The highest BCUT2D eigenvalue weighted by Crippen LogP contribution is 2.14. The van der Waals surface area contributed by atoms with Gasteiger partial charge in [0.2, 0.25) is 0 Å². The molecular weight excluding hydrogens is 264 g/mol. The lowest BCUT2D eigenvalue weighted by molar-refractivity contribution is 0.589. The fourth-order valence-electron chi connectivity index (χ4n) is 2.96. The Kier molecular flexibility index (Phi) is 4.52. The Balaban J connectivity index is 1.57. The molecule has 0 amide bonds. The topological polar surface area (TPSA) is 67.1 Å². The summed E-state index contributed by atoms with van der Waals surface area (Å²) in [5.41, 5.74) is 0. The lowest BCUT2D eigenvalue weighted by atomic mass is 10.2. The van der Waals surface area contributed by atoms with Crippen molar-refractivity contribution in [3.8, 4) is 0 Å². The Morgan fingerprint density at radius 1 is 1.29 bits per heavy atom. The standard InChI is InChI=1S/C15H24N6/c1-16-15(18-12-7-4-5-8-12)17-11-14-20-19-13-9-3-2-6-10-21(13)14/h4-5,12H,2-3,6-11H2,1H3,(H2,16,17,18). The van der Waals surface area contributed by atoms with Crippen molar-refractivity contribution in [3.05, 3.63) is 23.8 Å². The number of aryl methyl sites for hydroxylation is 1. The van der Waals surface area contributed by atoms with E-state index in [1.54, 1.807) is 0 Å². The predicted octanol–water partition coefficient (Wildman–Crippen LogP) is 1.39. The number of fused-ring (bicyclic) bond motifs is 1. The molecule has 0 unspecified atom stereocenters. The first-order valence-electron chi connectivity index (χ1n) is 7.90. The molecule has 0 bridgehead atoms. The summed E-state index contributed by atoms with van der Waals surface area (Å²) in [5.74, 6) is 2.99. The molecule has 21 heavy (non-hydrogen) atoms. The molecule has 0 saturated carbocycles. The van der Waals surface area contributed by atoms with Gasteiger partial charge in [0, 0.05) is 26.1 Å². The van der Waals surface area contributed by atoms with E-state index < -0.39 is 0 Å². The molecule has 1 aromatic heterocycles. The minimum absolute atomic E-state index is 0.465. The van der Waals surface area contributed by atoms with Gasteiger partial charge in [0.05, 0.1) is 6.54 Å². The number of aromatic nitrogens is 3. The molecule has 2 N–H and O–H groups in total. The van der Waals surface area contributed by atoms with Crippen molar-refractivity contribution in [3.63, 3.8) is 0 Å². The molecule has 114 valence electrons. The lowest BCUT2D eigenvalue weighted by Gasteiger charge is -2.17. The van der Waals surface area contributed by atoms with Gasteiger partial charge in [-0.3, -0.25) is 4.99 Å². The van der Waals surface area contributed by atoms with E-state index >= 15 is 0 Å². The summed E-state index contributed by atoms with van der Waals surface area (Å²) in [4.78, 5) is 4.29. The van der Waals surface area contributed by atoms with E-state index in [-0.39, 0.29) is 0 Å². The van der Waals surface area contributed by atoms with Crippen molar-refractivity contribution in [1.29, 1.82) is 0 Å². The zero-order chi connectivity index (χ0) is 14.5. The number of nitrogens with one attached hydrogen (secondary N) is 2. The summed E-state index contributed by atoms with van der Waals surface area (Å²) in [6.45, 7) is 1.71. The van der Waals surface area contributed by atoms with Gasteiger partial charge in [0.1, 0.15) is 5.82 Å². The first-order valence-corrected chi connectivity index (χ1v) is 7.90. The average molecular weight is 288 g/mol. The fraction of sp³-hybridized carbons (Fsp3) is 0.667. The molecule has 0 spiro atoms. The summed E-state index contributed by atoms with van der Waals surface area (Å²) in [6, 6.07) is 0.465. The molecule has 6 nitrogen and oxygen atoms in total. The van der Waals surface area contributed by atoms with Gasteiger partial charge in [-0.1, -0.05) is 18.6 Å². The van der Waals surface area contributed by atoms with Crippen LogP contribution in [0.2, 0.25) is 0 Å². The van der Waals surface area contributed by atoms with E-state index in [1.807, 2.05) is 7.05 Å². The van der Waals surface area contributed by atoms with Crippen molar-refractivity contribution in [2.24, 2.45) is 4.99 Å². The smallest absolute Gasteiger partial charge is 0.191 e. The minimum atomic E-state index is 0.465. The van der Waals surface area contributed by atoms with Crippen LogP contribution in [0.15, 0.2) is 17.1 Å². The summed E-state index contributed by atoms with van der Waals surface area (Å²) in [6.07, 6.45) is 11.3. The van der Waals surface area contributed by atoms with Crippen LogP contribution in [0.5, 0.6) is 0 Å². The van der Waals surface area contributed by atoms with E-state index in [0.29, 0.717) is 12.6 Å². The minimum Gasteiger partial charge on any atom is -0.353 e. The molecule has 0 saturated heterocycles. The summed E-state index contributed by atoms with van der Waals surface area (Å²) >= 11 is 0. The van der Waals surface area contributed by atoms with Gasteiger partial charge in [-0.2, -0.15) is 0 Å². The lowest BCUT2D eigenvalue weighted by Crippen LogP contribution is -2.42. The Hall–Kier alpha value is -1.85. The van der Waals surface area contributed by atoms with Crippen molar-refractivity contribution in [1.82, 2.24) is 25.4 Å². The first kappa shape index (κ1) is 14.1. The van der Waals surface area contributed by atoms with E-state index in [0.717, 1.165) is 43.4 Å². The van der Waals surface area contributed by atoms with E-state index in [2.05, 4.69) is 42.5 Å². The van der Waals surface area contributed by atoms with Crippen molar-refractivity contribution in [2.75, 3.05) is 7.05 Å². The monoisotopic (exact) mass is 288 g/mol. The number of hydrogen-bond donors (Lipinski definition) is 2. The first-order chi connectivity index (χ1) is 10.4. The molecule has 1 aliphatic heterocycles. The van der Waals surface area contributed by atoms with Crippen LogP contribution in [0.4, 0.5) is 0 Å².